The number of fused-ring (bicyclic) bond motifs is 1. The van der Waals surface area contributed by atoms with Crippen LogP contribution in [0, 0.1) is 6.92 Å². The molecule has 0 bridgehead atoms. The number of amides is 1. The van der Waals surface area contributed by atoms with Gasteiger partial charge in [-0.15, -0.1) is 11.3 Å². The summed E-state index contributed by atoms with van der Waals surface area (Å²) < 4.78 is 0. The quantitative estimate of drug-likeness (QED) is 0.399. The third-order valence-corrected chi connectivity index (χ3v) is 5.68. The smallest absolute Gasteiger partial charge is 0.271 e. The molecule has 4 rings (SSSR count). The van der Waals surface area contributed by atoms with Crippen LogP contribution < -0.4 is 5.32 Å². The maximum atomic E-state index is 12.3. The van der Waals surface area contributed by atoms with E-state index in [0.29, 0.717) is 18.1 Å². The molecule has 0 aliphatic carbocycles. The van der Waals surface area contributed by atoms with Crippen LogP contribution in [-0.4, -0.2) is 30.8 Å². The number of aryl methyl sites for hydroxylation is 3. The van der Waals surface area contributed by atoms with Gasteiger partial charge in [-0.2, -0.15) is 0 Å². The first-order valence-electron chi connectivity index (χ1n) is 10.1. The summed E-state index contributed by atoms with van der Waals surface area (Å²) in [7, 11) is 0. The Morgan fingerprint density at radius 3 is 2.70 bits per heavy atom. The molecule has 154 valence electrons. The average molecular weight is 421 g/mol. The molecule has 0 radical (unpaired) electrons. The number of hydrogen-bond acceptors (Lipinski definition) is 6. The topological polar surface area (TPSA) is 96.5 Å². The zero-order valence-corrected chi connectivity index (χ0v) is 17.7. The van der Waals surface area contributed by atoms with E-state index in [9.17, 15) is 4.79 Å². The Labute approximate surface area is 179 Å². The summed E-state index contributed by atoms with van der Waals surface area (Å²) in [5, 5.41) is 5.63. The van der Waals surface area contributed by atoms with E-state index in [2.05, 4.69) is 36.3 Å². The summed E-state index contributed by atoms with van der Waals surface area (Å²) in [5.74, 6) is 1.45. The van der Waals surface area contributed by atoms with Gasteiger partial charge in [-0.3, -0.25) is 4.79 Å². The molecule has 0 aliphatic rings. The van der Waals surface area contributed by atoms with Crippen LogP contribution in [0.1, 0.15) is 52.0 Å². The van der Waals surface area contributed by atoms with E-state index in [-0.39, 0.29) is 5.91 Å². The molecule has 7 nitrogen and oxygen atoms in total. The highest BCUT2D eigenvalue weighted by atomic mass is 32.1. The predicted octanol–water partition coefficient (Wildman–Crippen LogP) is 4.00. The van der Waals surface area contributed by atoms with Crippen molar-refractivity contribution < 1.29 is 4.79 Å². The Morgan fingerprint density at radius 1 is 1.07 bits per heavy atom. The molecule has 0 saturated heterocycles. The van der Waals surface area contributed by atoms with Gasteiger partial charge in [0.15, 0.2) is 0 Å². The predicted molar refractivity (Wildman–Crippen MR) is 117 cm³/mol. The molecule has 3 aromatic heterocycles. The second-order valence-electron chi connectivity index (χ2n) is 7.25. The molecular formula is C22H24N6OS. The first-order chi connectivity index (χ1) is 14.7. The van der Waals surface area contributed by atoms with Gasteiger partial charge in [0, 0.05) is 24.2 Å². The lowest BCUT2D eigenvalue weighted by atomic mass is 10.1. The molecular weight excluding hydrogens is 396 g/mol. The third kappa shape index (κ3) is 5.27. The zero-order valence-electron chi connectivity index (χ0n) is 16.9. The van der Waals surface area contributed by atoms with Crippen molar-refractivity contribution in [1.29, 1.82) is 0 Å². The highest BCUT2D eigenvalue weighted by Crippen LogP contribution is 2.15. The molecule has 1 amide bonds. The molecule has 2 N–H and O–H groups in total. The molecule has 1 aromatic carbocycles. The number of nitrogens with one attached hydrogen (secondary N) is 2. The summed E-state index contributed by atoms with van der Waals surface area (Å²) in [5.41, 5.74) is 3.57. The van der Waals surface area contributed by atoms with Crippen LogP contribution in [0.25, 0.3) is 11.0 Å². The maximum absolute atomic E-state index is 12.3. The molecule has 4 aromatic rings. The molecule has 0 atom stereocenters. The van der Waals surface area contributed by atoms with E-state index in [0.717, 1.165) is 59.5 Å². The molecule has 0 unspecified atom stereocenters. The highest BCUT2D eigenvalue weighted by molar-refractivity contribution is 7.09. The lowest BCUT2D eigenvalue weighted by molar-refractivity contribution is 0.0945. The van der Waals surface area contributed by atoms with Crippen molar-refractivity contribution in [2.24, 2.45) is 0 Å². The van der Waals surface area contributed by atoms with Crippen molar-refractivity contribution in [3.8, 4) is 0 Å². The number of hydrogen-bond donors (Lipinski definition) is 2. The minimum atomic E-state index is -0.188. The van der Waals surface area contributed by atoms with Gasteiger partial charge in [0.2, 0.25) is 0 Å². The molecule has 8 heteroatoms. The van der Waals surface area contributed by atoms with E-state index < -0.39 is 0 Å². The van der Waals surface area contributed by atoms with Crippen LogP contribution in [0.15, 0.2) is 42.0 Å². The van der Waals surface area contributed by atoms with Gasteiger partial charge in [0.05, 0.1) is 22.6 Å². The first kappa shape index (κ1) is 20.2. The fourth-order valence-electron chi connectivity index (χ4n) is 3.16. The fourth-order valence-corrected chi connectivity index (χ4v) is 3.98. The van der Waals surface area contributed by atoms with Crippen LogP contribution in [0.5, 0.6) is 0 Å². The van der Waals surface area contributed by atoms with Gasteiger partial charge in [-0.05, 0) is 43.9 Å². The Balaban J connectivity index is 1.17. The Hall–Kier alpha value is -3.13. The maximum Gasteiger partial charge on any atom is 0.271 e. The van der Waals surface area contributed by atoms with Gasteiger partial charge >= 0.3 is 0 Å². The molecule has 0 saturated carbocycles. The number of rotatable bonds is 9. The number of aromatic nitrogens is 5. The number of nitrogens with zero attached hydrogens (tertiary/aromatic N) is 4. The summed E-state index contributed by atoms with van der Waals surface area (Å²) in [6.45, 7) is 2.23. The van der Waals surface area contributed by atoms with Gasteiger partial charge in [-0.25, -0.2) is 19.9 Å². The molecule has 3 heterocycles. The van der Waals surface area contributed by atoms with E-state index in [4.69, 9.17) is 0 Å². The summed E-state index contributed by atoms with van der Waals surface area (Å²) >= 11 is 1.54. The monoisotopic (exact) mass is 420 g/mol. The standard InChI is InChI=1S/C22H24N6OS/c1-15-11-23-20(24-12-15)13-25-22(29)18-14-30-21(28-18)10-4-2-3-9-19-26-16-7-5-6-8-17(16)27-19/h5-8,11-12,14H,2-4,9-10,13H2,1H3,(H,25,29)(H,26,27). The highest BCUT2D eigenvalue weighted by Gasteiger charge is 2.11. The van der Waals surface area contributed by atoms with Gasteiger partial charge in [0.1, 0.15) is 17.3 Å². The lowest BCUT2D eigenvalue weighted by Gasteiger charge is -2.02. The number of unbranched alkanes of at least 4 members (excludes halogenated alkanes) is 2. The van der Waals surface area contributed by atoms with Gasteiger partial charge in [-0.1, -0.05) is 18.6 Å². The van der Waals surface area contributed by atoms with Crippen molar-refractivity contribution in [1.82, 2.24) is 30.2 Å². The van der Waals surface area contributed by atoms with Crippen molar-refractivity contribution >= 4 is 28.3 Å². The van der Waals surface area contributed by atoms with Crippen molar-refractivity contribution in [2.45, 2.75) is 45.6 Å². The second-order valence-corrected chi connectivity index (χ2v) is 8.19. The number of benzene rings is 1. The normalized spacial score (nSPS) is 11.1. The number of carbonyl (C=O) groups excluding carboxylic acids is 1. The van der Waals surface area contributed by atoms with Crippen LogP contribution in [0.4, 0.5) is 0 Å². The molecule has 0 spiro atoms. The summed E-state index contributed by atoms with van der Waals surface area (Å²) in [4.78, 5) is 33.1. The first-order valence-corrected chi connectivity index (χ1v) is 11.0. The lowest BCUT2D eigenvalue weighted by Crippen LogP contribution is -2.24. The second kappa shape index (κ2) is 9.58. The van der Waals surface area contributed by atoms with Crippen LogP contribution in [0.2, 0.25) is 0 Å². The van der Waals surface area contributed by atoms with Crippen LogP contribution in [0.3, 0.4) is 0 Å². The molecule has 0 fully saturated rings. The largest absolute Gasteiger partial charge is 0.343 e. The summed E-state index contributed by atoms with van der Waals surface area (Å²) in [6.07, 6.45) is 8.54. The SMILES string of the molecule is Cc1cnc(CNC(=O)c2csc(CCCCCc3nc4ccccc4[nH]3)n2)nc1. The minimum absolute atomic E-state index is 0.188. The Kier molecular flexibility index (Phi) is 6.44. The third-order valence-electron chi connectivity index (χ3n) is 4.77. The number of para-hydroxylation sites is 2. The number of H-pyrrole nitrogens is 1. The average Bonchev–Trinajstić information content (AvgIpc) is 3.39. The van der Waals surface area contributed by atoms with Crippen molar-refractivity contribution in [2.75, 3.05) is 0 Å². The Morgan fingerprint density at radius 2 is 1.87 bits per heavy atom. The number of carbonyl (C=O) groups is 1. The van der Waals surface area contributed by atoms with Crippen molar-refractivity contribution in [3.05, 3.63) is 70.0 Å². The molecule has 0 aliphatic heterocycles. The van der Waals surface area contributed by atoms with Gasteiger partial charge in [0.25, 0.3) is 5.91 Å². The van der Waals surface area contributed by atoms with Gasteiger partial charge < -0.3 is 10.3 Å². The van der Waals surface area contributed by atoms with Crippen LogP contribution in [-0.2, 0) is 19.4 Å². The fraction of sp³-hybridized carbons (Fsp3) is 0.318. The van der Waals surface area contributed by atoms with E-state index in [1.165, 1.54) is 11.3 Å². The van der Waals surface area contributed by atoms with E-state index in [1.54, 1.807) is 12.4 Å². The Bertz CT molecular complexity index is 1090. The number of aromatic amines is 1. The molecule has 30 heavy (non-hydrogen) atoms. The summed E-state index contributed by atoms with van der Waals surface area (Å²) in [6, 6.07) is 8.10. The zero-order chi connectivity index (χ0) is 20.8. The van der Waals surface area contributed by atoms with Crippen molar-refractivity contribution in [3.63, 3.8) is 0 Å². The number of thiazole rings is 1. The van der Waals surface area contributed by atoms with E-state index >= 15 is 0 Å². The minimum Gasteiger partial charge on any atom is -0.343 e. The van der Waals surface area contributed by atoms with E-state index in [1.807, 2.05) is 30.5 Å². The number of imidazole rings is 1. The van der Waals surface area contributed by atoms with Crippen LogP contribution >= 0.6 is 11.3 Å².